The van der Waals surface area contributed by atoms with Gasteiger partial charge in [-0.25, -0.2) is 0 Å². The van der Waals surface area contributed by atoms with Gasteiger partial charge in [-0.2, -0.15) is 0 Å². The van der Waals surface area contributed by atoms with E-state index in [9.17, 15) is 0 Å². The molecule has 6 aromatic rings. The van der Waals surface area contributed by atoms with E-state index < -0.39 is 0 Å². The normalized spacial score (nSPS) is 12.3. The number of H-pyrrole nitrogens is 1. The van der Waals surface area contributed by atoms with Gasteiger partial charge in [0.15, 0.2) is 5.82 Å². The van der Waals surface area contributed by atoms with Gasteiger partial charge in [-0.05, 0) is 45.1 Å². The molecule has 6 rings (SSSR count). The molecule has 0 unspecified atom stereocenters. The Kier molecular flexibility index (Phi) is 2.88. The average molecular weight is 345 g/mol. The fraction of sp³-hybridized carbons (Fsp3) is 0. The number of azo groups is 1. The summed E-state index contributed by atoms with van der Waals surface area (Å²) in [6.07, 6.45) is 0. The summed E-state index contributed by atoms with van der Waals surface area (Å²) in [5, 5.41) is 17.6. The van der Waals surface area contributed by atoms with Crippen LogP contribution >= 0.6 is 0 Å². The molecule has 0 saturated carbocycles. The average Bonchev–Trinajstić information content (AvgIpc) is 3.14. The van der Waals surface area contributed by atoms with Gasteiger partial charge in [0, 0.05) is 16.3 Å². The van der Waals surface area contributed by atoms with E-state index in [0.717, 1.165) is 27.8 Å². The Morgan fingerprint density at radius 2 is 1.26 bits per heavy atom. The maximum atomic E-state index is 4.57. The zero-order valence-corrected chi connectivity index (χ0v) is 14.5. The molecule has 0 aliphatic heterocycles. The number of aromatic amines is 1. The highest BCUT2D eigenvalue weighted by atomic mass is 15.1. The van der Waals surface area contributed by atoms with Crippen molar-refractivity contribution in [2.24, 2.45) is 10.2 Å². The van der Waals surface area contributed by atoms with Gasteiger partial charge >= 0.3 is 0 Å². The van der Waals surface area contributed by atoms with Crippen LogP contribution in [0.5, 0.6) is 0 Å². The first-order valence-corrected chi connectivity index (χ1v) is 9.03. The van der Waals surface area contributed by atoms with Crippen molar-refractivity contribution >= 4 is 54.7 Å². The molecule has 3 nitrogen and oxygen atoms in total. The molecule has 0 aliphatic rings. The number of hydrogen-bond acceptors (Lipinski definition) is 2. The van der Waals surface area contributed by atoms with Crippen LogP contribution in [0.1, 0.15) is 0 Å². The van der Waals surface area contributed by atoms with Crippen LogP contribution in [0.4, 0.5) is 11.5 Å². The highest BCUT2D eigenvalue weighted by Gasteiger charge is 2.10. The van der Waals surface area contributed by atoms with Gasteiger partial charge in [-0.1, -0.05) is 66.7 Å². The summed E-state index contributed by atoms with van der Waals surface area (Å²) in [4.78, 5) is 3.30. The summed E-state index contributed by atoms with van der Waals surface area (Å²) >= 11 is 0. The zero-order valence-electron chi connectivity index (χ0n) is 14.5. The molecule has 0 radical (unpaired) electrons. The first-order chi connectivity index (χ1) is 13.4. The van der Waals surface area contributed by atoms with E-state index in [1.54, 1.807) is 0 Å². The first-order valence-electron chi connectivity index (χ1n) is 9.03. The van der Waals surface area contributed by atoms with Crippen LogP contribution in [0.25, 0.3) is 43.2 Å². The minimum Gasteiger partial charge on any atom is -0.338 e. The van der Waals surface area contributed by atoms with Gasteiger partial charge in [0.05, 0.1) is 5.69 Å². The summed E-state index contributed by atoms with van der Waals surface area (Å²) in [5.74, 6) is 0.766. The molecule has 1 aromatic heterocycles. The van der Waals surface area contributed by atoms with Crippen molar-refractivity contribution in [3.05, 3.63) is 84.9 Å². The van der Waals surface area contributed by atoms with Crippen LogP contribution in [-0.2, 0) is 0 Å². The molecule has 5 aromatic carbocycles. The van der Waals surface area contributed by atoms with Crippen LogP contribution in [0.15, 0.2) is 95.2 Å². The number of para-hydroxylation sites is 1. The number of hydrogen-bond donors (Lipinski definition) is 1. The van der Waals surface area contributed by atoms with E-state index in [0.29, 0.717) is 0 Å². The van der Waals surface area contributed by atoms with E-state index in [1.807, 2.05) is 30.3 Å². The maximum absolute atomic E-state index is 4.57. The van der Waals surface area contributed by atoms with Crippen LogP contribution in [0.2, 0.25) is 0 Å². The zero-order chi connectivity index (χ0) is 17.8. The van der Waals surface area contributed by atoms with E-state index in [-0.39, 0.29) is 0 Å². The highest BCUT2D eigenvalue weighted by molar-refractivity contribution is 6.24. The lowest BCUT2D eigenvalue weighted by molar-refractivity contribution is 1.20. The highest BCUT2D eigenvalue weighted by Crippen LogP contribution is 2.39. The second kappa shape index (κ2) is 5.39. The molecule has 126 valence electrons. The van der Waals surface area contributed by atoms with Crippen molar-refractivity contribution in [1.82, 2.24) is 4.98 Å². The van der Waals surface area contributed by atoms with Crippen LogP contribution in [0.3, 0.4) is 0 Å². The lowest BCUT2D eigenvalue weighted by Crippen LogP contribution is -1.83. The minimum absolute atomic E-state index is 0.766. The Labute approximate surface area is 155 Å². The van der Waals surface area contributed by atoms with E-state index in [1.165, 1.54) is 26.9 Å². The molecule has 0 spiro atoms. The van der Waals surface area contributed by atoms with Gasteiger partial charge in [-0.15, -0.1) is 10.2 Å². The monoisotopic (exact) mass is 345 g/mol. The Hall–Kier alpha value is -3.72. The molecule has 0 bridgehead atoms. The predicted octanol–water partition coefficient (Wildman–Crippen LogP) is 7.48. The second-order valence-corrected chi connectivity index (χ2v) is 6.88. The van der Waals surface area contributed by atoms with Gasteiger partial charge in [0.1, 0.15) is 0 Å². The number of aromatic nitrogens is 1. The maximum Gasteiger partial charge on any atom is 0.153 e. The summed E-state index contributed by atoms with van der Waals surface area (Å²) in [6, 6.07) is 29.5. The van der Waals surface area contributed by atoms with Crippen LogP contribution in [0, 0.1) is 0 Å². The molecular formula is C24H15N3. The van der Waals surface area contributed by atoms with Crippen molar-refractivity contribution in [3.8, 4) is 0 Å². The fourth-order valence-corrected chi connectivity index (χ4v) is 4.03. The first kappa shape index (κ1) is 14.4. The summed E-state index contributed by atoms with van der Waals surface area (Å²) < 4.78 is 0. The number of nitrogens with one attached hydrogen (secondary N) is 1. The molecule has 1 N–H and O–H groups in total. The fourth-order valence-electron chi connectivity index (χ4n) is 4.03. The largest absolute Gasteiger partial charge is 0.338 e. The molecule has 0 fully saturated rings. The van der Waals surface area contributed by atoms with Crippen molar-refractivity contribution < 1.29 is 0 Å². The van der Waals surface area contributed by atoms with E-state index >= 15 is 0 Å². The summed E-state index contributed by atoms with van der Waals surface area (Å²) in [5.41, 5.74) is 1.96. The van der Waals surface area contributed by atoms with Crippen molar-refractivity contribution in [3.63, 3.8) is 0 Å². The van der Waals surface area contributed by atoms with Crippen LogP contribution in [-0.4, -0.2) is 4.98 Å². The van der Waals surface area contributed by atoms with E-state index in [2.05, 4.69) is 69.8 Å². The Bertz CT molecular complexity index is 1420. The molecule has 0 amide bonds. The number of fused-ring (bicyclic) bond motifs is 1. The standard InChI is InChI=1S/C24H15N3/c1-2-7-20-18(4-1)14-22(25-20)27-26-21-13-11-17-9-8-15-5-3-6-16-10-12-19(21)24(17)23(15)16/h1-14,25H. The predicted molar refractivity (Wildman–Crippen MR) is 113 cm³/mol. The Balaban J connectivity index is 1.56. The quantitative estimate of drug-likeness (QED) is 0.250. The molecular weight excluding hydrogens is 330 g/mol. The molecule has 1 heterocycles. The Morgan fingerprint density at radius 1 is 0.556 bits per heavy atom. The lowest BCUT2D eigenvalue weighted by atomic mass is 9.94. The number of nitrogens with zero attached hydrogens (tertiary/aromatic N) is 2. The molecule has 0 aliphatic carbocycles. The number of benzene rings is 5. The molecule has 3 heteroatoms. The molecule has 0 atom stereocenters. The van der Waals surface area contributed by atoms with Gasteiger partial charge in [0.25, 0.3) is 0 Å². The van der Waals surface area contributed by atoms with Gasteiger partial charge < -0.3 is 4.98 Å². The SMILES string of the molecule is c1ccc2[nH]c(N=Nc3ccc4ccc5cccc6ccc3c4c56)cc2c1. The van der Waals surface area contributed by atoms with E-state index in [4.69, 9.17) is 0 Å². The summed E-state index contributed by atoms with van der Waals surface area (Å²) in [6.45, 7) is 0. The third-order valence-electron chi connectivity index (χ3n) is 5.29. The molecule has 27 heavy (non-hydrogen) atoms. The summed E-state index contributed by atoms with van der Waals surface area (Å²) in [7, 11) is 0. The second-order valence-electron chi connectivity index (χ2n) is 6.88. The minimum atomic E-state index is 0.766. The lowest BCUT2D eigenvalue weighted by Gasteiger charge is -2.11. The topological polar surface area (TPSA) is 40.5 Å². The van der Waals surface area contributed by atoms with Crippen molar-refractivity contribution in [1.29, 1.82) is 0 Å². The third kappa shape index (κ3) is 2.15. The van der Waals surface area contributed by atoms with Gasteiger partial charge in [-0.3, -0.25) is 0 Å². The van der Waals surface area contributed by atoms with Gasteiger partial charge in [0.2, 0.25) is 0 Å². The molecule has 0 saturated heterocycles. The number of rotatable bonds is 2. The van der Waals surface area contributed by atoms with Crippen molar-refractivity contribution in [2.75, 3.05) is 0 Å². The van der Waals surface area contributed by atoms with Crippen LogP contribution < -0.4 is 0 Å². The smallest absolute Gasteiger partial charge is 0.153 e. The Morgan fingerprint density at radius 3 is 2.11 bits per heavy atom. The third-order valence-corrected chi connectivity index (χ3v) is 5.29. The van der Waals surface area contributed by atoms with Crippen molar-refractivity contribution in [2.45, 2.75) is 0 Å².